The van der Waals surface area contributed by atoms with Crippen LogP contribution >= 0.6 is 0 Å². The first kappa shape index (κ1) is 15.6. The number of benzene rings is 2. The van der Waals surface area contributed by atoms with E-state index in [1.54, 1.807) is 0 Å². The lowest BCUT2D eigenvalue weighted by atomic mass is 9.78. The van der Waals surface area contributed by atoms with Gasteiger partial charge in [0.1, 0.15) is 5.75 Å². The zero-order valence-corrected chi connectivity index (χ0v) is 13.8. The van der Waals surface area contributed by atoms with Crippen molar-refractivity contribution in [2.24, 2.45) is 0 Å². The lowest BCUT2D eigenvalue weighted by Crippen LogP contribution is -2.16. The summed E-state index contributed by atoms with van der Waals surface area (Å²) in [6.07, 6.45) is 1.77. The molecule has 0 aliphatic heterocycles. The minimum absolute atomic E-state index is 0.0653. The molecule has 0 aliphatic carbocycles. The quantitative estimate of drug-likeness (QED) is 0.790. The molecule has 0 saturated carbocycles. The summed E-state index contributed by atoms with van der Waals surface area (Å²) in [7, 11) is 0. The fraction of sp³-hybridized carbons (Fsp3) is 0.400. The maximum Gasteiger partial charge on any atom is 0.122 e. The molecule has 0 amide bonds. The summed E-state index contributed by atoms with van der Waals surface area (Å²) in [4.78, 5) is 0. The van der Waals surface area contributed by atoms with Crippen LogP contribution in [0.5, 0.6) is 5.75 Å². The Kier molecular flexibility index (Phi) is 4.41. The molecule has 0 heterocycles. The highest BCUT2D eigenvalue weighted by Crippen LogP contribution is 2.41. The fourth-order valence-electron chi connectivity index (χ4n) is 3.09. The van der Waals surface area contributed by atoms with Crippen LogP contribution in [0.3, 0.4) is 0 Å². The van der Waals surface area contributed by atoms with E-state index in [9.17, 15) is 5.11 Å². The van der Waals surface area contributed by atoms with E-state index >= 15 is 0 Å². The van der Waals surface area contributed by atoms with Crippen LogP contribution in [0.15, 0.2) is 36.4 Å². The Balaban J connectivity index is 2.83. The molecule has 112 valence electrons. The van der Waals surface area contributed by atoms with Gasteiger partial charge in [-0.1, -0.05) is 65.0 Å². The summed E-state index contributed by atoms with van der Waals surface area (Å²) in [5.41, 5.74) is 5.83. The largest absolute Gasteiger partial charge is 0.507 e. The summed E-state index contributed by atoms with van der Waals surface area (Å²) in [6.45, 7) is 10.8. The first-order valence-corrected chi connectivity index (χ1v) is 7.83. The highest BCUT2D eigenvalue weighted by Gasteiger charge is 2.25. The summed E-state index contributed by atoms with van der Waals surface area (Å²) >= 11 is 0. The number of phenolic OH excluding ortho intramolecular Hbond substituents is 1. The highest BCUT2D eigenvalue weighted by atomic mass is 16.3. The van der Waals surface area contributed by atoms with Gasteiger partial charge < -0.3 is 5.11 Å². The molecule has 0 aromatic heterocycles. The summed E-state index contributed by atoms with van der Waals surface area (Å²) in [5.74, 6) is 0.488. The van der Waals surface area contributed by atoms with Gasteiger partial charge in [0.25, 0.3) is 0 Å². The number of aromatic hydroxyl groups is 1. The van der Waals surface area contributed by atoms with Crippen molar-refractivity contribution < 1.29 is 5.11 Å². The van der Waals surface area contributed by atoms with Gasteiger partial charge in [0, 0.05) is 5.56 Å². The van der Waals surface area contributed by atoms with Crippen LogP contribution in [0.25, 0.3) is 11.1 Å². The van der Waals surface area contributed by atoms with E-state index in [0.717, 1.165) is 24.0 Å². The average Bonchev–Trinajstić information content (AvgIpc) is 2.46. The van der Waals surface area contributed by atoms with Crippen LogP contribution in [0.4, 0.5) is 0 Å². The van der Waals surface area contributed by atoms with Crippen LogP contribution in [-0.2, 0) is 18.3 Å². The fourth-order valence-corrected chi connectivity index (χ4v) is 3.09. The van der Waals surface area contributed by atoms with Gasteiger partial charge in [-0.05, 0) is 46.6 Å². The summed E-state index contributed by atoms with van der Waals surface area (Å²) in [5, 5.41) is 10.7. The third-order valence-electron chi connectivity index (χ3n) is 4.06. The van der Waals surface area contributed by atoms with Crippen LogP contribution in [0, 0.1) is 0 Å². The van der Waals surface area contributed by atoms with Gasteiger partial charge in [-0.3, -0.25) is 0 Å². The van der Waals surface area contributed by atoms with Crippen molar-refractivity contribution in [3.63, 3.8) is 0 Å². The van der Waals surface area contributed by atoms with Crippen molar-refractivity contribution in [1.29, 1.82) is 0 Å². The minimum atomic E-state index is -0.0653. The second-order valence-corrected chi connectivity index (χ2v) is 6.61. The van der Waals surface area contributed by atoms with E-state index < -0.39 is 0 Å². The molecule has 0 aliphatic rings. The Morgan fingerprint density at radius 1 is 0.952 bits per heavy atom. The monoisotopic (exact) mass is 282 g/mol. The molecule has 0 fully saturated rings. The lowest BCUT2D eigenvalue weighted by molar-refractivity contribution is 0.439. The Morgan fingerprint density at radius 3 is 2.05 bits per heavy atom. The molecule has 1 nitrogen and oxygen atoms in total. The van der Waals surface area contributed by atoms with Crippen molar-refractivity contribution in [2.75, 3.05) is 0 Å². The van der Waals surface area contributed by atoms with E-state index in [1.165, 1.54) is 16.7 Å². The number of aryl methyl sites for hydroxylation is 1. The van der Waals surface area contributed by atoms with Crippen molar-refractivity contribution >= 4 is 0 Å². The van der Waals surface area contributed by atoms with Gasteiger partial charge in [-0.25, -0.2) is 0 Å². The molecule has 2 aromatic carbocycles. The van der Waals surface area contributed by atoms with Crippen molar-refractivity contribution in [1.82, 2.24) is 0 Å². The number of hydrogen-bond donors (Lipinski definition) is 1. The predicted molar refractivity (Wildman–Crippen MR) is 91.0 cm³/mol. The van der Waals surface area contributed by atoms with Crippen LogP contribution in [0.1, 0.15) is 51.3 Å². The van der Waals surface area contributed by atoms with Gasteiger partial charge in [0.2, 0.25) is 0 Å². The van der Waals surface area contributed by atoms with E-state index in [-0.39, 0.29) is 5.41 Å². The van der Waals surface area contributed by atoms with E-state index in [2.05, 4.69) is 65.0 Å². The van der Waals surface area contributed by atoms with Gasteiger partial charge in [-0.15, -0.1) is 0 Å². The normalized spacial score (nSPS) is 11.7. The van der Waals surface area contributed by atoms with Gasteiger partial charge in [0.15, 0.2) is 0 Å². The molecular weight excluding hydrogens is 256 g/mol. The third kappa shape index (κ3) is 2.97. The zero-order valence-electron chi connectivity index (χ0n) is 13.8. The Bertz CT molecular complexity index is 619. The van der Waals surface area contributed by atoms with Crippen LogP contribution in [0.2, 0.25) is 0 Å². The van der Waals surface area contributed by atoms with Crippen molar-refractivity contribution in [2.45, 2.75) is 52.9 Å². The van der Waals surface area contributed by atoms with Gasteiger partial charge in [0.05, 0.1) is 0 Å². The zero-order chi connectivity index (χ0) is 15.6. The summed E-state index contributed by atoms with van der Waals surface area (Å²) in [6, 6.07) is 12.7. The maximum atomic E-state index is 10.7. The first-order valence-electron chi connectivity index (χ1n) is 7.83. The van der Waals surface area contributed by atoms with Gasteiger partial charge in [-0.2, -0.15) is 0 Å². The standard InChI is InChI=1S/C20H26O/c1-6-14-13-17(15-11-9-8-10-12-15)16(7-2)18(19(14)21)20(3,4)5/h8-13,21H,6-7H2,1-5H3. The number of hydrogen-bond acceptors (Lipinski definition) is 1. The van der Waals surface area contributed by atoms with Crippen molar-refractivity contribution in [3.8, 4) is 16.9 Å². The molecule has 2 rings (SSSR count). The van der Waals surface area contributed by atoms with Gasteiger partial charge >= 0.3 is 0 Å². The van der Waals surface area contributed by atoms with E-state index in [4.69, 9.17) is 0 Å². The molecular formula is C20H26O. The van der Waals surface area contributed by atoms with E-state index in [0.29, 0.717) is 5.75 Å². The number of rotatable bonds is 3. The Hall–Kier alpha value is -1.76. The molecule has 21 heavy (non-hydrogen) atoms. The van der Waals surface area contributed by atoms with Crippen LogP contribution < -0.4 is 0 Å². The molecule has 0 unspecified atom stereocenters. The van der Waals surface area contributed by atoms with Crippen molar-refractivity contribution in [3.05, 3.63) is 53.1 Å². The molecule has 1 N–H and O–H groups in total. The average molecular weight is 282 g/mol. The molecule has 0 saturated heterocycles. The Morgan fingerprint density at radius 2 is 1.57 bits per heavy atom. The SMILES string of the molecule is CCc1cc(-c2ccccc2)c(CC)c(C(C)(C)C)c1O. The van der Waals surface area contributed by atoms with E-state index in [1.807, 2.05) is 6.07 Å². The predicted octanol–water partition coefficient (Wildman–Crippen LogP) is 5.48. The minimum Gasteiger partial charge on any atom is -0.507 e. The molecule has 0 atom stereocenters. The maximum absolute atomic E-state index is 10.7. The third-order valence-corrected chi connectivity index (χ3v) is 4.06. The molecule has 0 bridgehead atoms. The second kappa shape index (κ2) is 5.93. The smallest absolute Gasteiger partial charge is 0.122 e. The molecule has 0 radical (unpaired) electrons. The van der Waals surface area contributed by atoms with Crippen LogP contribution in [-0.4, -0.2) is 5.11 Å². The summed E-state index contributed by atoms with van der Waals surface area (Å²) < 4.78 is 0. The first-order chi connectivity index (χ1) is 9.90. The Labute approximate surface area is 128 Å². The molecule has 0 spiro atoms. The highest BCUT2D eigenvalue weighted by molar-refractivity contribution is 5.73. The number of phenols is 1. The second-order valence-electron chi connectivity index (χ2n) is 6.61. The lowest BCUT2D eigenvalue weighted by Gasteiger charge is -2.27. The topological polar surface area (TPSA) is 20.2 Å². The molecule has 1 heteroatoms. The molecule has 2 aromatic rings.